The summed E-state index contributed by atoms with van der Waals surface area (Å²) in [6.45, 7) is 0. The van der Waals surface area contributed by atoms with Crippen molar-refractivity contribution in [2.75, 3.05) is 7.11 Å². The Morgan fingerprint density at radius 3 is 2.75 bits per heavy atom. The van der Waals surface area contributed by atoms with Gasteiger partial charge in [0.15, 0.2) is 0 Å². The van der Waals surface area contributed by atoms with Crippen LogP contribution in [0, 0.1) is 0 Å². The highest BCUT2D eigenvalue weighted by atomic mass is 35.5. The fraction of sp³-hybridized carbons (Fsp3) is 0.333. The maximum atomic E-state index is 12.4. The largest absolute Gasteiger partial charge is 0.495 e. The van der Waals surface area contributed by atoms with E-state index in [9.17, 15) is 13.6 Å². The third-order valence-electron chi connectivity index (χ3n) is 1.79. The highest BCUT2D eigenvalue weighted by molar-refractivity contribution is 6.31. The van der Waals surface area contributed by atoms with Crippen LogP contribution in [0.4, 0.5) is 8.78 Å². The maximum Gasteiger partial charge on any atom is 0.309 e. The van der Waals surface area contributed by atoms with Crippen molar-refractivity contribution in [3.05, 3.63) is 22.5 Å². The quantitative estimate of drug-likeness (QED) is 0.892. The molecule has 0 unspecified atom stereocenters. The third-order valence-corrected chi connectivity index (χ3v) is 2.09. The van der Waals surface area contributed by atoms with Crippen molar-refractivity contribution < 1.29 is 23.4 Å². The number of nitrogens with zero attached hydrogens (tertiary/aromatic N) is 1. The number of carbonyl (C=O) groups is 1. The topological polar surface area (TPSA) is 59.4 Å². The number of methoxy groups -OCH3 is 1. The minimum absolute atomic E-state index is 0.0744. The van der Waals surface area contributed by atoms with Gasteiger partial charge >= 0.3 is 5.97 Å². The van der Waals surface area contributed by atoms with E-state index < -0.39 is 24.5 Å². The van der Waals surface area contributed by atoms with Crippen LogP contribution in [0.25, 0.3) is 0 Å². The molecule has 88 valence electrons. The molecule has 1 N–H and O–H groups in total. The van der Waals surface area contributed by atoms with E-state index in [0.29, 0.717) is 0 Å². The van der Waals surface area contributed by atoms with Gasteiger partial charge in [-0.25, -0.2) is 13.8 Å². The van der Waals surface area contributed by atoms with Crippen LogP contribution in [0.15, 0.2) is 6.07 Å². The number of pyridine rings is 1. The maximum absolute atomic E-state index is 12.4. The van der Waals surface area contributed by atoms with E-state index in [0.717, 1.165) is 6.07 Å². The number of rotatable bonds is 4. The highest BCUT2D eigenvalue weighted by Gasteiger charge is 2.19. The van der Waals surface area contributed by atoms with Gasteiger partial charge in [0.1, 0.15) is 11.4 Å². The molecule has 0 fully saturated rings. The summed E-state index contributed by atoms with van der Waals surface area (Å²) in [6.07, 6.45) is -3.36. The van der Waals surface area contributed by atoms with E-state index in [-0.39, 0.29) is 16.5 Å². The van der Waals surface area contributed by atoms with Crippen LogP contribution in [0.1, 0.15) is 17.8 Å². The number of ether oxygens (including phenoxy) is 1. The summed E-state index contributed by atoms with van der Waals surface area (Å²) in [5, 5.41) is 8.32. The van der Waals surface area contributed by atoms with E-state index in [1.54, 1.807) is 0 Å². The zero-order valence-electron chi connectivity index (χ0n) is 8.21. The molecule has 0 aliphatic rings. The normalized spacial score (nSPS) is 10.6. The van der Waals surface area contributed by atoms with Gasteiger partial charge in [0, 0.05) is 6.07 Å². The first kappa shape index (κ1) is 12.6. The lowest BCUT2D eigenvalue weighted by Crippen LogP contribution is -2.07. The molecule has 0 atom stereocenters. The second-order valence-corrected chi connectivity index (χ2v) is 3.28. The fourth-order valence-corrected chi connectivity index (χ4v) is 1.35. The average Bonchev–Trinajstić information content (AvgIpc) is 2.18. The predicted molar refractivity (Wildman–Crippen MR) is 52.1 cm³/mol. The Morgan fingerprint density at radius 1 is 1.69 bits per heavy atom. The molecule has 0 spiro atoms. The van der Waals surface area contributed by atoms with Gasteiger partial charge in [-0.05, 0) is 0 Å². The zero-order chi connectivity index (χ0) is 12.3. The van der Waals surface area contributed by atoms with Crippen molar-refractivity contribution in [1.29, 1.82) is 0 Å². The summed E-state index contributed by atoms with van der Waals surface area (Å²) in [4.78, 5) is 14.0. The molecule has 0 aliphatic carbocycles. The minimum Gasteiger partial charge on any atom is -0.495 e. The Hall–Kier alpha value is -1.43. The number of aromatic nitrogens is 1. The van der Waals surface area contributed by atoms with E-state index in [1.807, 2.05) is 0 Å². The standard InChI is InChI=1S/C9H8ClF2NO3/c1-16-6-2-4(10)8(9(11)12)13-5(6)3-7(14)15/h2,9H,3H2,1H3,(H,14,15). The summed E-state index contributed by atoms with van der Waals surface area (Å²) >= 11 is 5.54. The van der Waals surface area contributed by atoms with Gasteiger partial charge in [-0.15, -0.1) is 0 Å². The van der Waals surface area contributed by atoms with Crippen molar-refractivity contribution in [3.63, 3.8) is 0 Å². The lowest BCUT2D eigenvalue weighted by atomic mass is 10.2. The SMILES string of the molecule is COc1cc(Cl)c(C(F)F)nc1CC(=O)O. The number of alkyl halides is 2. The number of hydrogen-bond acceptors (Lipinski definition) is 3. The second kappa shape index (κ2) is 5.07. The van der Waals surface area contributed by atoms with Crippen LogP contribution in [0.5, 0.6) is 5.75 Å². The van der Waals surface area contributed by atoms with Gasteiger partial charge in [0.05, 0.1) is 24.2 Å². The van der Waals surface area contributed by atoms with E-state index in [2.05, 4.69) is 4.98 Å². The molecule has 1 aromatic heterocycles. The summed E-state index contributed by atoms with van der Waals surface area (Å²) < 4.78 is 29.7. The van der Waals surface area contributed by atoms with Gasteiger partial charge in [0.25, 0.3) is 6.43 Å². The van der Waals surface area contributed by atoms with Crippen LogP contribution >= 0.6 is 11.6 Å². The van der Waals surface area contributed by atoms with E-state index in [1.165, 1.54) is 7.11 Å². The Balaban J connectivity index is 3.22. The average molecular weight is 252 g/mol. The molecule has 0 saturated heterocycles. The molecule has 1 rings (SSSR count). The molecule has 0 radical (unpaired) electrons. The molecule has 1 aromatic rings. The monoisotopic (exact) mass is 251 g/mol. The van der Waals surface area contributed by atoms with Gasteiger partial charge in [-0.2, -0.15) is 0 Å². The summed E-state index contributed by atoms with van der Waals surface area (Å²) in [7, 11) is 1.28. The lowest BCUT2D eigenvalue weighted by molar-refractivity contribution is -0.136. The van der Waals surface area contributed by atoms with Crippen molar-refractivity contribution in [2.24, 2.45) is 0 Å². The number of carboxylic acids is 1. The molecular formula is C9H8ClF2NO3. The molecule has 0 saturated carbocycles. The van der Waals surface area contributed by atoms with Crippen molar-refractivity contribution in [1.82, 2.24) is 4.98 Å². The van der Waals surface area contributed by atoms with Crippen molar-refractivity contribution >= 4 is 17.6 Å². The first-order chi connectivity index (χ1) is 7.45. The molecule has 4 nitrogen and oxygen atoms in total. The molecule has 0 amide bonds. The van der Waals surface area contributed by atoms with Gasteiger partial charge in [-0.1, -0.05) is 11.6 Å². The summed E-state index contributed by atoms with van der Waals surface area (Å²) in [6, 6.07) is 1.13. The molecular weight excluding hydrogens is 244 g/mol. The van der Waals surface area contributed by atoms with Gasteiger partial charge < -0.3 is 9.84 Å². The molecule has 16 heavy (non-hydrogen) atoms. The number of aliphatic carboxylic acids is 1. The minimum atomic E-state index is -2.86. The van der Waals surface area contributed by atoms with Crippen LogP contribution in [-0.2, 0) is 11.2 Å². The van der Waals surface area contributed by atoms with E-state index in [4.69, 9.17) is 21.4 Å². The Morgan fingerprint density at radius 2 is 2.31 bits per heavy atom. The van der Waals surface area contributed by atoms with Gasteiger partial charge in [-0.3, -0.25) is 4.79 Å². The first-order valence-electron chi connectivity index (χ1n) is 4.19. The van der Waals surface area contributed by atoms with E-state index >= 15 is 0 Å². The fourth-order valence-electron chi connectivity index (χ4n) is 1.13. The Bertz CT molecular complexity index is 412. The lowest BCUT2D eigenvalue weighted by Gasteiger charge is -2.09. The van der Waals surface area contributed by atoms with Gasteiger partial charge in [0.2, 0.25) is 0 Å². The number of carboxylic acid groups (broad SMARTS) is 1. The number of halogens is 3. The molecule has 1 heterocycles. The second-order valence-electron chi connectivity index (χ2n) is 2.88. The third kappa shape index (κ3) is 2.79. The molecule has 0 aromatic carbocycles. The van der Waals surface area contributed by atoms with Crippen molar-refractivity contribution in [2.45, 2.75) is 12.8 Å². The molecule has 0 aliphatic heterocycles. The van der Waals surface area contributed by atoms with Crippen molar-refractivity contribution in [3.8, 4) is 5.75 Å². The molecule has 0 bridgehead atoms. The Labute approximate surface area is 94.8 Å². The van der Waals surface area contributed by atoms with Crippen LogP contribution in [0.2, 0.25) is 5.02 Å². The van der Waals surface area contributed by atoms with Crippen LogP contribution < -0.4 is 4.74 Å². The Kier molecular flexibility index (Phi) is 4.00. The molecule has 7 heteroatoms. The van der Waals surface area contributed by atoms with Crippen LogP contribution in [0.3, 0.4) is 0 Å². The predicted octanol–water partition coefficient (Wildman–Crippen LogP) is 2.31. The highest BCUT2D eigenvalue weighted by Crippen LogP contribution is 2.30. The summed E-state index contributed by atoms with van der Waals surface area (Å²) in [5.74, 6) is -1.11. The zero-order valence-corrected chi connectivity index (χ0v) is 8.96. The summed E-state index contributed by atoms with van der Waals surface area (Å²) in [5.41, 5.74) is -0.714. The van der Waals surface area contributed by atoms with Crippen LogP contribution in [-0.4, -0.2) is 23.2 Å². The first-order valence-corrected chi connectivity index (χ1v) is 4.56. The number of hydrogen-bond donors (Lipinski definition) is 1. The smallest absolute Gasteiger partial charge is 0.309 e.